The van der Waals surface area contributed by atoms with Gasteiger partial charge in [0.15, 0.2) is 0 Å². The lowest BCUT2D eigenvalue weighted by Gasteiger charge is -2.14. The third-order valence-electron chi connectivity index (χ3n) is 3.60. The second kappa shape index (κ2) is 6.18. The molecule has 1 unspecified atom stereocenters. The van der Waals surface area contributed by atoms with Crippen LogP contribution in [0.4, 0.5) is 0 Å². The smallest absolute Gasteiger partial charge is 0.0766 e. The fourth-order valence-electron chi connectivity index (χ4n) is 2.43. The molecule has 0 saturated heterocycles. The molecule has 3 N–H and O–H groups in total. The van der Waals surface area contributed by atoms with Gasteiger partial charge in [0.1, 0.15) is 0 Å². The van der Waals surface area contributed by atoms with Crippen LogP contribution in [0.1, 0.15) is 29.2 Å². The summed E-state index contributed by atoms with van der Waals surface area (Å²) >= 11 is 7.25. The van der Waals surface area contributed by atoms with E-state index in [0.29, 0.717) is 0 Å². The number of rotatable bonds is 5. The molecule has 3 rings (SSSR count). The van der Waals surface area contributed by atoms with Crippen molar-refractivity contribution in [1.82, 2.24) is 15.2 Å². The second-order valence-electron chi connectivity index (χ2n) is 4.91. The molecule has 112 valence electrons. The van der Waals surface area contributed by atoms with Gasteiger partial charge in [-0.25, -0.2) is 0 Å². The Labute approximate surface area is 140 Å². The van der Waals surface area contributed by atoms with Gasteiger partial charge >= 0.3 is 0 Å². The number of nitrogens with one attached hydrogen (secondary N) is 1. The number of fused-ring (bicyclic) bond motifs is 1. The Morgan fingerprint density at radius 1 is 1.48 bits per heavy atom. The van der Waals surface area contributed by atoms with Gasteiger partial charge in [-0.05, 0) is 39.9 Å². The molecule has 0 spiro atoms. The van der Waals surface area contributed by atoms with Crippen LogP contribution in [0, 0.1) is 0 Å². The van der Waals surface area contributed by atoms with Crippen molar-refractivity contribution in [3.8, 4) is 0 Å². The largest absolute Gasteiger partial charge is 0.271 e. The van der Waals surface area contributed by atoms with Crippen LogP contribution >= 0.6 is 38.6 Å². The molecule has 0 aliphatic rings. The summed E-state index contributed by atoms with van der Waals surface area (Å²) in [6.07, 6.45) is 1.73. The number of aromatic nitrogens is 2. The highest BCUT2D eigenvalue weighted by Crippen LogP contribution is 2.35. The zero-order valence-corrected chi connectivity index (χ0v) is 15.1. The van der Waals surface area contributed by atoms with E-state index in [4.69, 9.17) is 5.84 Å². The monoisotopic (exact) mass is 384 g/mol. The molecular formula is C14H17BrN4S2. The molecule has 0 bridgehead atoms. The summed E-state index contributed by atoms with van der Waals surface area (Å²) in [5, 5.41) is 6.68. The SMILES string of the molecule is CCc1nn(C)c(CC(NN)c2cc3sccc3s2)c1Br. The fourth-order valence-corrected chi connectivity index (χ4v) is 5.39. The Morgan fingerprint density at radius 2 is 2.29 bits per heavy atom. The predicted octanol–water partition coefficient (Wildman–Crippen LogP) is 3.77. The first-order valence-corrected chi connectivity index (χ1v) is 9.26. The van der Waals surface area contributed by atoms with Crippen LogP contribution in [0.2, 0.25) is 0 Å². The molecular weight excluding hydrogens is 368 g/mol. The van der Waals surface area contributed by atoms with Crippen LogP contribution in [0.25, 0.3) is 9.40 Å². The Balaban J connectivity index is 1.91. The predicted molar refractivity (Wildman–Crippen MR) is 93.8 cm³/mol. The maximum atomic E-state index is 5.80. The fraction of sp³-hybridized carbons (Fsp3) is 0.357. The summed E-state index contributed by atoms with van der Waals surface area (Å²) in [5.41, 5.74) is 5.22. The number of halogens is 1. The molecule has 3 aromatic rings. The standard InChI is InChI=1S/C14H17BrN4S2/c1-3-8-14(15)10(19(2)18-8)6-9(17-16)12-7-13-11(21-12)4-5-20-13/h4-5,7,9,17H,3,6,16H2,1-2H3. The van der Waals surface area contributed by atoms with Gasteiger partial charge in [-0.3, -0.25) is 16.0 Å². The minimum absolute atomic E-state index is 0.103. The van der Waals surface area contributed by atoms with E-state index in [1.54, 1.807) is 22.7 Å². The van der Waals surface area contributed by atoms with Crippen molar-refractivity contribution in [3.05, 3.63) is 38.3 Å². The topological polar surface area (TPSA) is 55.9 Å². The van der Waals surface area contributed by atoms with E-state index in [9.17, 15) is 0 Å². The Kier molecular flexibility index (Phi) is 4.46. The Hall–Kier alpha value is -0.730. The number of thiophene rings is 2. The first-order valence-electron chi connectivity index (χ1n) is 6.77. The maximum absolute atomic E-state index is 5.80. The highest BCUT2D eigenvalue weighted by atomic mass is 79.9. The van der Waals surface area contributed by atoms with Crippen molar-refractivity contribution in [1.29, 1.82) is 0 Å². The van der Waals surface area contributed by atoms with Crippen molar-refractivity contribution in [3.63, 3.8) is 0 Å². The van der Waals surface area contributed by atoms with Crippen molar-refractivity contribution >= 4 is 48.0 Å². The summed E-state index contributed by atoms with van der Waals surface area (Å²) in [5.74, 6) is 5.80. The van der Waals surface area contributed by atoms with Crippen LogP contribution < -0.4 is 11.3 Å². The Morgan fingerprint density at radius 3 is 2.90 bits per heavy atom. The van der Waals surface area contributed by atoms with E-state index in [-0.39, 0.29) is 6.04 Å². The summed E-state index contributed by atoms with van der Waals surface area (Å²) < 4.78 is 5.71. The van der Waals surface area contributed by atoms with Crippen molar-refractivity contribution in [2.75, 3.05) is 0 Å². The van der Waals surface area contributed by atoms with Crippen LogP contribution in [-0.2, 0) is 19.9 Å². The van der Waals surface area contributed by atoms with Gasteiger partial charge in [0.25, 0.3) is 0 Å². The minimum atomic E-state index is 0.103. The maximum Gasteiger partial charge on any atom is 0.0766 e. The van der Waals surface area contributed by atoms with E-state index in [2.05, 4.69) is 50.9 Å². The quantitative estimate of drug-likeness (QED) is 0.519. The van der Waals surface area contributed by atoms with E-state index in [1.807, 2.05) is 11.7 Å². The lowest BCUT2D eigenvalue weighted by Crippen LogP contribution is -2.29. The van der Waals surface area contributed by atoms with Crippen molar-refractivity contribution < 1.29 is 0 Å². The molecule has 1 atom stereocenters. The van der Waals surface area contributed by atoms with Crippen molar-refractivity contribution in [2.45, 2.75) is 25.8 Å². The van der Waals surface area contributed by atoms with E-state index < -0.39 is 0 Å². The highest BCUT2D eigenvalue weighted by Gasteiger charge is 2.20. The molecule has 0 fully saturated rings. The number of aryl methyl sites for hydroxylation is 2. The van der Waals surface area contributed by atoms with E-state index in [0.717, 1.165) is 23.0 Å². The molecule has 0 radical (unpaired) electrons. The third-order valence-corrected chi connectivity index (χ3v) is 6.73. The van der Waals surface area contributed by atoms with Gasteiger partial charge < -0.3 is 0 Å². The molecule has 4 nitrogen and oxygen atoms in total. The molecule has 0 aliphatic carbocycles. The number of hydrogen-bond donors (Lipinski definition) is 2. The van der Waals surface area contributed by atoms with Gasteiger partial charge in [-0.2, -0.15) is 5.10 Å². The van der Waals surface area contributed by atoms with Crippen LogP contribution in [0.5, 0.6) is 0 Å². The number of nitrogens with zero attached hydrogens (tertiary/aromatic N) is 2. The lowest BCUT2D eigenvalue weighted by molar-refractivity contribution is 0.536. The first-order chi connectivity index (χ1) is 10.1. The van der Waals surface area contributed by atoms with Gasteiger partial charge in [0.05, 0.1) is 21.9 Å². The molecule has 0 aliphatic heterocycles. The van der Waals surface area contributed by atoms with Gasteiger partial charge in [-0.1, -0.05) is 6.92 Å². The molecule has 0 amide bonds. The second-order valence-corrected chi connectivity index (χ2v) is 7.76. The number of hydrazine groups is 1. The van der Waals surface area contributed by atoms with Crippen LogP contribution in [-0.4, -0.2) is 9.78 Å². The zero-order valence-electron chi connectivity index (χ0n) is 11.9. The zero-order chi connectivity index (χ0) is 15.0. The van der Waals surface area contributed by atoms with Gasteiger partial charge in [0.2, 0.25) is 0 Å². The number of hydrogen-bond acceptors (Lipinski definition) is 5. The Bertz CT molecular complexity index is 730. The van der Waals surface area contributed by atoms with E-state index >= 15 is 0 Å². The summed E-state index contributed by atoms with van der Waals surface area (Å²) in [6, 6.07) is 4.50. The first kappa shape index (κ1) is 15.2. The average Bonchev–Trinajstić information content (AvgIpc) is 3.12. The molecule has 3 heterocycles. The summed E-state index contributed by atoms with van der Waals surface area (Å²) in [6.45, 7) is 2.11. The van der Waals surface area contributed by atoms with Crippen LogP contribution in [0.3, 0.4) is 0 Å². The average molecular weight is 385 g/mol. The molecule has 3 aromatic heterocycles. The summed E-state index contributed by atoms with van der Waals surface area (Å²) in [7, 11) is 1.99. The number of nitrogens with two attached hydrogens (primary N) is 1. The van der Waals surface area contributed by atoms with Crippen molar-refractivity contribution in [2.24, 2.45) is 12.9 Å². The van der Waals surface area contributed by atoms with Gasteiger partial charge in [-0.15, -0.1) is 22.7 Å². The normalized spacial score (nSPS) is 13.1. The lowest BCUT2D eigenvalue weighted by atomic mass is 10.1. The van der Waals surface area contributed by atoms with E-state index in [1.165, 1.54) is 20.0 Å². The third kappa shape index (κ3) is 2.80. The molecule has 0 saturated carbocycles. The molecule has 0 aromatic carbocycles. The molecule has 7 heteroatoms. The minimum Gasteiger partial charge on any atom is -0.271 e. The summed E-state index contributed by atoms with van der Waals surface area (Å²) in [4.78, 5) is 1.27. The molecule has 21 heavy (non-hydrogen) atoms. The highest BCUT2D eigenvalue weighted by molar-refractivity contribution is 9.10. The van der Waals surface area contributed by atoms with Gasteiger partial charge in [0, 0.05) is 27.7 Å². The van der Waals surface area contributed by atoms with Crippen LogP contribution in [0.15, 0.2) is 22.0 Å².